The first-order chi connectivity index (χ1) is 9.93. The van der Waals surface area contributed by atoms with Crippen LogP contribution in [0.4, 0.5) is 0 Å². The lowest BCUT2D eigenvalue weighted by Gasteiger charge is -2.45. The first-order valence-electron chi connectivity index (χ1n) is 7.83. The van der Waals surface area contributed by atoms with Crippen LogP contribution >= 0.6 is 0 Å². The molecule has 0 radical (unpaired) electrons. The number of rotatable bonds is 2. The Labute approximate surface area is 127 Å². The second-order valence-electron chi connectivity index (χ2n) is 7.32. The lowest BCUT2D eigenvalue weighted by Crippen LogP contribution is -2.59. The molecule has 0 spiro atoms. The van der Waals surface area contributed by atoms with E-state index < -0.39 is 0 Å². The third kappa shape index (κ3) is 3.11. The molecule has 0 saturated carbocycles. The van der Waals surface area contributed by atoms with Gasteiger partial charge < -0.3 is 9.72 Å². The van der Waals surface area contributed by atoms with Crippen molar-refractivity contribution in [3.8, 4) is 0 Å². The number of piperazine rings is 1. The first kappa shape index (κ1) is 14.5. The monoisotopic (exact) mass is 286 g/mol. The van der Waals surface area contributed by atoms with Crippen LogP contribution in [0, 0.1) is 5.41 Å². The summed E-state index contributed by atoms with van der Waals surface area (Å²) in [7, 11) is 0. The Morgan fingerprint density at radius 3 is 2.86 bits per heavy atom. The zero-order valence-corrected chi connectivity index (χ0v) is 13.5. The number of nitrogens with one attached hydrogen (secondary N) is 1. The predicted molar refractivity (Wildman–Crippen MR) is 86.3 cm³/mol. The zero-order valence-electron chi connectivity index (χ0n) is 13.5. The van der Waals surface area contributed by atoms with Crippen LogP contribution in [0.25, 0.3) is 5.65 Å². The molecule has 4 nitrogen and oxygen atoms in total. The Morgan fingerprint density at radius 1 is 1.33 bits per heavy atom. The molecular weight excluding hydrogens is 260 g/mol. The molecule has 21 heavy (non-hydrogen) atoms. The lowest BCUT2D eigenvalue weighted by molar-refractivity contribution is 0.0517. The third-order valence-electron chi connectivity index (χ3n) is 4.39. The van der Waals surface area contributed by atoms with Crippen LogP contribution in [-0.2, 0) is 6.54 Å². The largest absolute Gasteiger partial charge is 0.311 e. The number of imidazole rings is 1. The van der Waals surface area contributed by atoms with Gasteiger partial charge in [-0.25, -0.2) is 4.98 Å². The van der Waals surface area contributed by atoms with Crippen LogP contribution in [0.5, 0.6) is 0 Å². The summed E-state index contributed by atoms with van der Waals surface area (Å²) in [6.07, 6.45) is 4.22. The molecular formula is C17H26N4. The standard InChI is InChI=1S/C17H26N4/c1-13-10-21(15(9-18-13)17(2,3)4)12-14-11-20-8-6-5-7-16(20)19-14/h5-8,11,13,15,18H,9-10,12H2,1-4H3. The second-order valence-corrected chi connectivity index (χ2v) is 7.32. The Bertz CT molecular complexity index is 578. The van der Waals surface area contributed by atoms with E-state index in [1.807, 2.05) is 12.1 Å². The Balaban J connectivity index is 1.82. The average Bonchev–Trinajstić information content (AvgIpc) is 2.79. The van der Waals surface area contributed by atoms with Gasteiger partial charge in [0.1, 0.15) is 5.65 Å². The van der Waals surface area contributed by atoms with Gasteiger partial charge in [-0.15, -0.1) is 0 Å². The van der Waals surface area contributed by atoms with Gasteiger partial charge in [-0.2, -0.15) is 0 Å². The summed E-state index contributed by atoms with van der Waals surface area (Å²) in [6, 6.07) is 7.23. The molecule has 0 amide bonds. The molecule has 3 rings (SSSR count). The fourth-order valence-corrected chi connectivity index (χ4v) is 3.29. The Kier molecular flexibility index (Phi) is 3.76. The minimum atomic E-state index is 0.270. The zero-order chi connectivity index (χ0) is 15.0. The topological polar surface area (TPSA) is 32.6 Å². The molecule has 1 saturated heterocycles. The molecule has 1 aliphatic heterocycles. The van der Waals surface area contributed by atoms with E-state index in [-0.39, 0.29) is 5.41 Å². The third-order valence-corrected chi connectivity index (χ3v) is 4.39. The van der Waals surface area contributed by atoms with Gasteiger partial charge >= 0.3 is 0 Å². The van der Waals surface area contributed by atoms with Gasteiger partial charge in [0.2, 0.25) is 0 Å². The second kappa shape index (κ2) is 5.43. The molecule has 1 fully saturated rings. The fourth-order valence-electron chi connectivity index (χ4n) is 3.29. The summed E-state index contributed by atoms with van der Waals surface area (Å²) in [5.74, 6) is 0. The predicted octanol–water partition coefficient (Wildman–Crippen LogP) is 2.54. The van der Waals surface area contributed by atoms with E-state index in [9.17, 15) is 0 Å². The highest BCUT2D eigenvalue weighted by molar-refractivity contribution is 5.39. The number of hydrogen-bond donors (Lipinski definition) is 1. The van der Waals surface area contributed by atoms with E-state index in [4.69, 9.17) is 4.98 Å². The molecule has 0 aromatic carbocycles. The van der Waals surface area contributed by atoms with Crippen molar-refractivity contribution in [2.24, 2.45) is 5.41 Å². The number of fused-ring (bicyclic) bond motifs is 1. The summed E-state index contributed by atoms with van der Waals surface area (Å²) >= 11 is 0. The highest BCUT2D eigenvalue weighted by Crippen LogP contribution is 2.27. The molecule has 2 atom stereocenters. The highest BCUT2D eigenvalue weighted by atomic mass is 15.2. The van der Waals surface area contributed by atoms with Crippen molar-refractivity contribution in [3.05, 3.63) is 36.3 Å². The maximum atomic E-state index is 4.75. The summed E-state index contributed by atoms with van der Waals surface area (Å²) in [6.45, 7) is 12.3. The van der Waals surface area contributed by atoms with Gasteiger partial charge in [0, 0.05) is 44.1 Å². The summed E-state index contributed by atoms with van der Waals surface area (Å²) < 4.78 is 2.10. The Morgan fingerprint density at radius 2 is 2.14 bits per heavy atom. The molecule has 2 unspecified atom stereocenters. The maximum Gasteiger partial charge on any atom is 0.137 e. The van der Waals surface area contributed by atoms with E-state index in [1.165, 1.54) is 0 Å². The molecule has 114 valence electrons. The molecule has 0 aliphatic carbocycles. The van der Waals surface area contributed by atoms with Gasteiger partial charge in [-0.3, -0.25) is 4.90 Å². The summed E-state index contributed by atoms with van der Waals surface area (Å²) in [5.41, 5.74) is 2.46. The minimum Gasteiger partial charge on any atom is -0.311 e. The molecule has 2 aromatic rings. The molecule has 1 N–H and O–H groups in total. The van der Waals surface area contributed by atoms with Crippen molar-refractivity contribution in [1.29, 1.82) is 0 Å². The first-order valence-corrected chi connectivity index (χ1v) is 7.83. The molecule has 2 aromatic heterocycles. The van der Waals surface area contributed by atoms with Crippen LogP contribution < -0.4 is 5.32 Å². The van der Waals surface area contributed by atoms with Crippen molar-refractivity contribution in [3.63, 3.8) is 0 Å². The van der Waals surface area contributed by atoms with Gasteiger partial charge in [0.25, 0.3) is 0 Å². The SMILES string of the molecule is CC1CN(Cc2cn3ccccc3n2)C(C(C)(C)C)CN1. The smallest absolute Gasteiger partial charge is 0.137 e. The molecule has 3 heterocycles. The lowest BCUT2D eigenvalue weighted by atomic mass is 9.84. The van der Waals surface area contributed by atoms with Crippen molar-refractivity contribution in [1.82, 2.24) is 19.6 Å². The van der Waals surface area contributed by atoms with Gasteiger partial charge in [0.05, 0.1) is 5.69 Å². The van der Waals surface area contributed by atoms with Gasteiger partial charge in [-0.1, -0.05) is 26.8 Å². The van der Waals surface area contributed by atoms with Crippen LogP contribution in [0.1, 0.15) is 33.4 Å². The van der Waals surface area contributed by atoms with E-state index in [1.54, 1.807) is 0 Å². The van der Waals surface area contributed by atoms with Crippen molar-refractivity contribution < 1.29 is 0 Å². The van der Waals surface area contributed by atoms with Crippen LogP contribution in [0.2, 0.25) is 0 Å². The van der Waals surface area contributed by atoms with E-state index in [0.29, 0.717) is 12.1 Å². The number of aromatic nitrogens is 2. The summed E-state index contributed by atoms with van der Waals surface area (Å²) in [4.78, 5) is 7.34. The molecule has 0 bridgehead atoms. The number of nitrogens with zero attached hydrogens (tertiary/aromatic N) is 3. The molecule has 4 heteroatoms. The van der Waals surface area contributed by atoms with Crippen LogP contribution in [0.3, 0.4) is 0 Å². The fraction of sp³-hybridized carbons (Fsp3) is 0.588. The van der Waals surface area contributed by atoms with Crippen LogP contribution in [0.15, 0.2) is 30.6 Å². The van der Waals surface area contributed by atoms with Crippen LogP contribution in [-0.4, -0.2) is 39.5 Å². The number of pyridine rings is 1. The van der Waals surface area contributed by atoms with Crippen molar-refractivity contribution in [2.75, 3.05) is 13.1 Å². The van der Waals surface area contributed by atoms with E-state index in [0.717, 1.165) is 31.0 Å². The highest BCUT2D eigenvalue weighted by Gasteiger charge is 2.34. The maximum absolute atomic E-state index is 4.75. The number of hydrogen-bond acceptors (Lipinski definition) is 3. The Hall–Kier alpha value is -1.39. The van der Waals surface area contributed by atoms with Crippen molar-refractivity contribution in [2.45, 2.75) is 46.3 Å². The van der Waals surface area contributed by atoms with E-state index >= 15 is 0 Å². The van der Waals surface area contributed by atoms with Gasteiger partial charge in [-0.05, 0) is 24.5 Å². The van der Waals surface area contributed by atoms with Gasteiger partial charge in [0.15, 0.2) is 0 Å². The average molecular weight is 286 g/mol. The summed E-state index contributed by atoms with van der Waals surface area (Å²) in [5, 5.41) is 3.61. The molecule has 1 aliphatic rings. The van der Waals surface area contributed by atoms with E-state index in [2.05, 4.69) is 60.8 Å². The normalized spacial score (nSPS) is 24.6. The quantitative estimate of drug-likeness (QED) is 0.921. The minimum absolute atomic E-state index is 0.270. The van der Waals surface area contributed by atoms with Crippen molar-refractivity contribution >= 4 is 5.65 Å².